The van der Waals surface area contributed by atoms with Crippen LogP contribution < -0.4 is 10.5 Å². The molecule has 31 heavy (non-hydrogen) atoms. The van der Waals surface area contributed by atoms with Crippen LogP contribution in [0.25, 0.3) is 11.1 Å². The van der Waals surface area contributed by atoms with Gasteiger partial charge in [0.2, 0.25) is 5.91 Å². The van der Waals surface area contributed by atoms with Crippen molar-refractivity contribution in [2.45, 2.75) is 18.9 Å². The number of hydrogen-bond donors (Lipinski definition) is 1. The molecule has 1 saturated heterocycles. The first-order valence-electron chi connectivity index (χ1n) is 10.1. The number of likely N-dealkylation sites (tertiary alicyclic amines) is 1. The lowest BCUT2D eigenvalue weighted by Gasteiger charge is -2.24. The summed E-state index contributed by atoms with van der Waals surface area (Å²) in [6.45, 7) is 0.528. The van der Waals surface area contributed by atoms with Gasteiger partial charge in [0.05, 0.1) is 11.7 Å². The lowest BCUT2D eigenvalue weighted by Crippen LogP contribution is -2.34. The van der Waals surface area contributed by atoms with E-state index in [1.807, 2.05) is 18.2 Å². The van der Waals surface area contributed by atoms with Crippen molar-refractivity contribution in [3.63, 3.8) is 0 Å². The zero-order chi connectivity index (χ0) is 21.8. The average Bonchev–Trinajstić information content (AvgIpc) is 3.29. The minimum absolute atomic E-state index is 0.111. The van der Waals surface area contributed by atoms with E-state index in [0.717, 1.165) is 29.7 Å². The largest absolute Gasteiger partial charge is 0.484 e. The molecule has 3 aromatic rings. The van der Waals surface area contributed by atoms with E-state index < -0.39 is 5.91 Å². The summed E-state index contributed by atoms with van der Waals surface area (Å²) < 4.78 is 18.5. The molecule has 7 heteroatoms. The molecule has 0 radical (unpaired) electrons. The van der Waals surface area contributed by atoms with Gasteiger partial charge in [-0.3, -0.25) is 14.6 Å². The highest BCUT2D eigenvalue weighted by Crippen LogP contribution is 2.32. The summed E-state index contributed by atoms with van der Waals surface area (Å²) in [5, 5.41) is 0. The Balaban J connectivity index is 1.44. The highest BCUT2D eigenvalue weighted by Gasteiger charge is 2.31. The number of rotatable bonds is 6. The summed E-state index contributed by atoms with van der Waals surface area (Å²) in [6.07, 6.45) is 3.45. The second-order valence-electron chi connectivity index (χ2n) is 7.40. The molecule has 1 atom stereocenters. The summed E-state index contributed by atoms with van der Waals surface area (Å²) in [5.41, 5.74) is 8.32. The van der Waals surface area contributed by atoms with Gasteiger partial charge in [0.15, 0.2) is 6.61 Å². The van der Waals surface area contributed by atoms with E-state index in [9.17, 15) is 14.0 Å². The molecule has 2 amide bonds. The fraction of sp³-hybridized carbons (Fsp3) is 0.208. The maximum absolute atomic E-state index is 13.0. The van der Waals surface area contributed by atoms with Gasteiger partial charge < -0.3 is 15.4 Å². The first-order chi connectivity index (χ1) is 15.0. The zero-order valence-corrected chi connectivity index (χ0v) is 16.8. The molecule has 1 aliphatic rings. The van der Waals surface area contributed by atoms with E-state index in [1.165, 1.54) is 24.3 Å². The predicted octanol–water partition coefficient (Wildman–Crippen LogP) is 3.73. The van der Waals surface area contributed by atoms with Gasteiger partial charge in [0.1, 0.15) is 11.6 Å². The van der Waals surface area contributed by atoms with Gasteiger partial charge in [-0.1, -0.05) is 18.2 Å². The lowest BCUT2D eigenvalue weighted by molar-refractivity contribution is -0.134. The van der Waals surface area contributed by atoms with Crippen molar-refractivity contribution in [1.29, 1.82) is 0 Å². The van der Waals surface area contributed by atoms with Gasteiger partial charge in [-0.15, -0.1) is 0 Å². The number of benzene rings is 2. The normalized spacial score (nSPS) is 15.6. The lowest BCUT2D eigenvalue weighted by atomic mass is 10.0. The van der Waals surface area contributed by atoms with E-state index in [4.69, 9.17) is 10.5 Å². The molecular formula is C24H22FN3O3. The molecule has 0 spiro atoms. The first kappa shape index (κ1) is 20.5. The molecule has 0 bridgehead atoms. The summed E-state index contributed by atoms with van der Waals surface area (Å²) in [7, 11) is 0. The fourth-order valence-electron chi connectivity index (χ4n) is 3.76. The number of carbonyl (C=O) groups excluding carboxylic acids is 2. The quantitative estimate of drug-likeness (QED) is 0.660. The molecule has 2 aromatic carbocycles. The average molecular weight is 419 g/mol. The number of carbonyl (C=O) groups is 2. The maximum atomic E-state index is 13.0. The molecule has 0 saturated carbocycles. The van der Waals surface area contributed by atoms with Crippen molar-refractivity contribution < 1.29 is 18.7 Å². The number of aromatic nitrogens is 1. The van der Waals surface area contributed by atoms with Crippen LogP contribution in [0.15, 0.2) is 66.9 Å². The topological polar surface area (TPSA) is 85.5 Å². The Hall–Kier alpha value is -3.74. The van der Waals surface area contributed by atoms with Crippen molar-refractivity contribution in [3.05, 3.63) is 83.9 Å². The Morgan fingerprint density at radius 2 is 1.90 bits per heavy atom. The van der Waals surface area contributed by atoms with E-state index in [0.29, 0.717) is 17.9 Å². The van der Waals surface area contributed by atoms with Crippen LogP contribution in [-0.4, -0.2) is 34.8 Å². The van der Waals surface area contributed by atoms with Crippen molar-refractivity contribution in [2.75, 3.05) is 13.2 Å². The molecule has 1 unspecified atom stereocenters. The zero-order valence-electron chi connectivity index (χ0n) is 16.8. The van der Waals surface area contributed by atoms with Crippen molar-refractivity contribution >= 4 is 11.8 Å². The Bertz CT molecular complexity index is 1080. The Morgan fingerprint density at radius 3 is 2.61 bits per heavy atom. The van der Waals surface area contributed by atoms with Crippen LogP contribution >= 0.6 is 0 Å². The highest BCUT2D eigenvalue weighted by atomic mass is 19.1. The minimum Gasteiger partial charge on any atom is -0.484 e. The predicted molar refractivity (Wildman–Crippen MR) is 114 cm³/mol. The standard InChI is InChI=1S/C24H22FN3O3/c25-19-7-9-20(10-8-19)31-15-23(29)28-12-2-5-22(28)21-11-6-18(14-27-21)16-3-1-4-17(13-16)24(26)30/h1,3-4,6-11,13-14,22H,2,5,12,15H2,(H2,26,30). The number of halogens is 1. The monoisotopic (exact) mass is 419 g/mol. The van der Waals surface area contributed by atoms with Crippen LogP contribution in [-0.2, 0) is 4.79 Å². The Labute approximate surface area is 179 Å². The molecule has 2 heterocycles. The van der Waals surface area contributed by atoms with Crippen LogP contribution in [0.5, 0.6) is 5.75 Å². The minimum atomic E-state index is -0.477. The molecule has 1 aromatic heterocycles. The highest BCUT2D eigenvalue weighted by molar-refractivity contribution is 5.94. The van der Waals surface area contributed by atoms with E-state index in [2.05, 4.69) is 4.98 Å². The number of primary amides is 1. The molecule has 6 nitrogen and oxygen atoms in total. The third kappa shape index (κ3) is 4.71. The van der Waals surface area contributed by atoms with E-state index in [1.54, 1.807) is 29.3 Å². The Kier molecular flexibility index (Phi) is 5.93. The molecule has 1 aliphatic heterocycles. The van der Waals surface area contributed by atoms with Crippen LogP contribution in [0.3, 0.4) is 0 Å². The van der Waals surface area contributed by atoms with Gasteiger partial charge in [0.25, 0.3) is 5.91 Å². The van der Waals surface area contributed by atoms with Crippen LogP contribution in [0.2, 0.25) is 0 Å². The number of ether oxygens (including phenoxy) is 1. The fourth-order valence-corrected chi connectivity index (χ4v) is 3.76. The van der Waals surface area contributed by atoms with Crippen LogP contribution in [0.1, 0.15) is 34.9 Å². The van der Waals surface area contributed by atoms with Gasteiger partial charge in [0, 0.05) is 23.9 Å². The van der Waals surface area contributed by atoms with Gasteiger partial charge in [-0.05, 0) is 60.9 Å². The van der Waals surface area contributed by atoms with Crippen molar-refractivity contribution in [1.82, 2.24) is 9.88 Å². The third-order valence-electron chi connectivity index (χ3n) is 5.36. The second-order valence-corrected chi connectivity index (χ2v) is 7.40. The van der Waals surface area contributed by atoms with Crippen LogP contribution in [0, 0.1) is 5.82 Å². The molecular weight excluding hydrogens is 397 g/mol. The SMILES string of the molecule is NC(=O)c1cccc(-c2ccc(C3CCCN3C(=O)COc3ccc(F)cc3)nc2)c1. The number of pyridine rings is 1. The van der Waals surface area contributed by atoms with Gasteiger partial charge in [-0.2, -0.15) is 0 Å². The number of hydrogen-bond acceptors (Lipinski definition) is 4. The Morgan fingerprint density at radius 1 is 1.10 bits per heavy atom. The van der Waals surface area contributed by atoms with Crippen LogP contribution in [0.4, 0.5) is 4.39 Å². The smallest absolute Gasteiger partial charge is 0.261 e. The summed E-state index contributed by atoms with van der Waals surface area (Å²) in [4.78, 5) is 30.5. The number of nitrogens with two attached hydrogens (primary N) is 1. The molecule has 4 rings (SSSR count). The van der Waals surface area contributed by atoms with Gasteiger partial charge >= 0.3 is 0 Å². The third-order valence-corrected chi connectivity index (χ3v) is 5.36. The number of nitrogens with zero attached hydrogens (tertiary/aromatic N) is 2. The summed E-state index contributed by atoms with van der Waals surface area (Å²) >= 11 is 0. The maximum Gasteiger partial charge on any atom is 0.261 e. The van der Waals surface area contributed by atoms with Crippen molar-refractivity contribution in [3.8, 4) is 16.9 Å². The molecule has 158 valence electrons. The molecule has 2 N–H and O–H groups in total. The van der Waals surface area contributed by atoms with Gasteiger partial charge in [-0.25, -0.2) is 4.39 Å². The number of amides is 2. The molecule has 1 fully saturated rings. The second kappa shape index (κ2) is 8.95. The summed E-state index contributed by atoms with van der Waals surface area (Å²) in [6, 6.07) is 16.4. The molecule has 0 aliphatic carbocycles. The van der Waals surface area contributed by atoms with E-state index in [-0.39, 0.29) is 24.4 Å². The van der Waals surface area contributed by atoms with Crippen molar-refractivity contribution in [2.24, 2.45) is 5.73 Å². The first-order valence-corrected chi connectivity index (χ1v) is 10.1. The summed E-state index contributed by atoms with van der Waals surface area (Å²) in [5.74, 6) is -0.512. The van der Waals surface area contributed by atoms with E-state index >= 15 is 0 Å².